The van der Waals surface area contributed by atoms with E-state index in [1.54, 1.807) is 12.1 Å². The number of hydrogen-bond acceptors (Lipinski definition) is 6. The predicted molar refractivity (Wildman–Crippen MR) is 87.8 cm³/mol. The van der Waals surface area contributed by atoms with Crippen LogP contribution >= 0.6 is 11.6 Å². The first-order chi connectivity index (χ1) is 13.0. The summed E-state index contributed by atoms with van der Waals surface area (Å²) in [4.78, 5) is 16.7. The Balaban J connectivity index is 1.94. The molecule has 3 heterocycles. The maximum absolute atomic E-state index is 13.9. The van der Waals surface area contributed by atoms with Crippen molar-refractivity contribution in [2.45, 2.75) is 32.2 Å². The van der Waals surface area contributed by atoms with Crippen molar-refractivity contribution in [2.75, 3.05) is 0 Å². The van der Waals surface area contributed by atoms with Crippen LogP contribution in [-0.2, 0) is 12.2 Å². The monoisotopic (exact) mass is 417 g/mol. The lowest BCUT2D eigenvalue weighted by atomic mass is 10.1. The molecule has 1 unspecified atom stereocenters. The molecule has 0 spiro atoms. The molecule has 0 saturated carbocycles. The first kappa shape index (κ1) is 19.9. The van der Waals surface area contributed by atoms with Crippen LogP contribution in [0, 0.1) is 0 Å². The molecule has 0 radical (unpaired) electrons. The first-order valence-corrected chi connectivity index (χ1v) is 8.13. The number of halogens is 5. The van der Waals surface area contributed by atoms with Crippen molar-refractivity contribution < 1.29 is 22.4 Å². The summed E-state index contributed by atoms with van der Waals surface area (Å²) in [6.07, 6.45) is -3.74. The molecule has 3 aromatic heterocycles. The lowest BCUT2D eigenvalue weighted by Gasteiger charge is -2.19. The van der Waals surface area contributed by atoms with Crippen molar-refractivity contribution in [3.8, 4) is 5.82 Å². The van der Waals surface area contributed by atoms with Gasteiger partial charge in [0.1, 0.15) is 12.2 Å². The van der Waals surface area contributed by atoms with E-state index in [0.29, 0.717) is 6.92 Å². The number of aromatic nitrogens is 7. The van der Waals surface area contributed by atoms with E-state index in [1.165, 1.54) is 23.9 Å². The van der Waals surface area contributed by atoms with Gasteiger partial charge in [0.2, 0.25) is 5.82 Å². The van der Waals surface area contributed by atoms with Crippen LogP contribution in [0.3, 0.4) is 0 Å². The molecule has 13 heteroatoms. The van der Waals surface area contributed by atoms with E-state index in [-0.39, 0.29) is 34.6 Å². The molecular weight excluding hydrogens is 406 g/mol. The van der Waals surface area contributed by atoms with Gasteiger partial charge < -0.3 is 0 Å². The van der Waals surface area contributed by atoms with Gasteiger partial charge in [-0.3, -0.25) is 4.79 Å². The Morgan fingerprint density at radius 3 is 2.57 bits per heavy atom. The summed E-state index contributed by atoms with van der Waals surface area (Å²) < 4.78 is 53.4. The molecule has 0 saturated heterocycles. The number of Topliss-reactive ketones (excluding diaryl/α,β-unsaturated/α-hetero) is 1. The maximum Gasteiger partial charge on any atom is 0.429 e. The molecule has 1 atom stereocenters. The van der Waals surface area contributed by atoms with Gasteiger partial charge >= 0.3 is 6.18 Å². The Bertz CT molecular complexity index is 1030. The largest absolute Gasteiger partial charge is 0.429 e. The van der Waals surface area contributed by atoms with E-state index >= 15 is 0 Å². The molecule has 3 aromatic rings. The van der Waals surface area contributed by atoms with Crippen LogP contribution < -0.4 is 0 Å². The highest BCUT2D eigenvalue weighted by atomic mass is 35.5. The molecule has 28 heavy (non-hydrogen) atoms. The SMILES string of the molecule is CC(=O)c1cc(Cn2nnc(C(C)(F)C(F)(F)F)n2)nn1-c1ncccc1Cl. The fraction of sp³-hybridized carbons (Fsp3) is 0.333. The molecule has 148 valence electrons. The molecule has 0 aliphatic rings. The number of carbonyl (C=O) groups is 1. The topological polar surface area (TPSA) is 91.4 Å². The summed E-state index contributed by atoms with van der Waals surface area (Å²) in [6.45, 7) is 1.36. The van der Waals surface area contributed by atoms with Gasteiger partial charge in [-0.05, 0) is 30.3 Å². The first-order valence-electron chi connectivity index (χ1n) is 7.75. The Labute approximate surface area is 160 Å². The minimum Gasteiger partial charge on any atom is -0.293 e. The van der Waals surface area contributed by atoms with Gasteiger partial charge in [0.15, 0.2) is 11.6 Å². The molecule has 3 rings (SSSR count). The number of tetrazole rings is 1. The van der Waals surface area contributed by atoms with Gasteiger partial charge in [-0.15, -0.1) is 10.2 Å². The van der Waals surface area contributed by atoms with E-state index in [4.69, 9.17) is 11.6 Å². The second kappa shape index (κ2) is 6.93. The highest BCUT2D eigenvalue weighted by Gasteiger charge is 2.56. The van der Waals surface area contributed by atoms with Gasteiger partial charge in [0.05, 0.1) is 10.7 Å². The zero-order chi connectivity index (χ0) is 20.7. The summed E-state index contributed by atoms with van der Waals surface area (Å²) in [5.74, 6) is -1.28. The number of nitrogens with zero attached hydrogens (tertiary/aromatic N) is 7. The summed E-state index contributed by atoms with van der Waals surface area (Å²) in [6, 6.07) is 4.54. The Kier molecular flexibility index (Phi) is 4.91. The van der Waals surface area contributed by atoms with Crippen LogP contribution in [0.1, 0.15) is 35.9 Å². The van der Waals surface area contributed by atoms with Gasteiger partial charge in [-0.25, -0.2) is 14.1 Å². The van der Waals surface area contributed by atoms with Crippen molar-refractivity contribution in [2.24, 2.45) is 0 Å². The quantitative estimate of drug-likeness (QED) is 0.468. The van der Waals surface area contributed by atoms with Gasteiger partial charge in [0, 0.05) is 13.1 Å². The van der Waals surface area contributed by atoms with Crippen LogP contribution in [0.15, 0.2) is 24.4 Å². The molecule has 0 amide bonds. The molecular formula is C15H12ClF4N7O. The van der Waals surface area contributed by atoms with E-state index in [0.717, 1.165) is 4.80 Å². The smallest absolute Gasteiger partial charge is 0.293 e. The molecule has 8 nitrogen and oxygen atoms in total. The maximum atomic E-state index is 13.9. The number of alkyl halides is 4. The van der Waals surface area contributed by atoms with Gasteiger partial charge in [0.25, 0.3) is 5.67 Å². The summed E-state index contributed by atoms with van der Waals surface area (Å²) in [5, 5.41) is 14.4. The van der Waals surface area contributed by atoms with E-state index in [1.807, 2.05) is 0 Å². The van der Waals surface area contributed by atoms with E-state index < -0.39 is 17.7 Å². The lowest BCUT2D eigenvalue weighted by molar-refractivity contribution is -0.231. The second-order valence-corrected chi connectivity index (χ2v) is 6.35. The fourth-order valence-electron chi connectivity index (χ4n) is 2.22. The Morgan fingerprint density at radius 2 is 1.96 bits per heavy atom. The van der Waals surface area contributed by atoms with Crippen molar-refractivity contribution in [3.05, 3.63) is 46.6 Å². The van der Waals surface area contributed by atoms with Crippen molar-refractivity contribution in [3.63, 3.8) is 0 Å². The van der Waals surface area contributed by atoms with Crippen LogP contribution in [0.2, 0.25) is 5.02 Å². The average Bonchev–Trinajstić information content (AvgIpc) is 3.22. The van der Waals surface area contributed by atoms with E-state index in [2.05, 4.69) is 25.5 Å². The summed E-state index contributed by atoms with van der Waals surface area (Å²) >= 11 is 6.08. The third kappa shape index (κ3) is 3.59. The highest BCUT2D eigenvalue weighted by Crippen LogP contribution is 2.40. The van der Waals surface area contributed by atoms with Crippen molar-refractivity contribution in [1.82, 2.24) is 35.0 Å². The number of hydrogen-bond donors (Lipinski definition) is 0. The van der Waals surface area contributed by atoms with Crippen LogP contribution in [0.5, 0.6) is 0 Å². The Morgan fingerprint density at radius 1 is 1.25 bits per heavy atom. The molecule has 0 aliphatic heterocycles. The van der Waals surface area contributed by atoms with Crippen LogP contribution in [0.4, 0.5) is 17.6 Å². The number of pyridine rings is 1. The number of carbonyl (C=O) groups excluding carboxylic acids is 1. The van der Waals surface area contributed by atoms with Crippen molar-refractivity contribution >= 4 is 17.4 Å². The third-order valence-electron chi connectivity index (χ3n) is 3.77. The van der Waals surface area contributed by atoms with E-state index in [9.17, 15) is 22.4 Å². The minimum atomic E-state index is -5.19. The fourth-order valence-corrected chi connectivity index (χ4v) is 2.42. The Hall–Kier alpha value is -2.89. The third-order valence-corrected chi connectivity index (χ3v) is 4.06. The van der Waals surface area contributed by atoms with Crippen LogP contribution in [0.25, 0.3) is 5.82 Å². The average molecular weight is 418 g/mol. The van der Waals surface area contributed by atoms with Crippen LogP contribution in [-0.4, -0.2) is 46.9 Å². The number of ketones is 1. The second-order valence-electron chi connectivity index (χ2n) is 5.94. The lowest BCUT2D eigenvalue weighted by Crippen LogP contribution is -2.36. The molecule has 0 aliphatic carbocycles. The molecule has 0 bridgehead atoms. The van der Waals surface area contributed by atoms with Gasteiger partial charge in [-0.2, -0.15) is 23.1 Å². The standard InChI is InChI=1S/C15H12ClF4N7O/c1-8(28)11-6-9(23-27(11)12-10(16)4-3-5-21-12)7-26-24-13(22-25-26)14(2,17)15(18,19)20/h3-6H,7H2,1-2H3. The summed E-state index contributed by atoms with van der Waals surface area (Å²) in [7, 11) is 0. The molecule has 0 fully saturated rings. The normalized spacial score (nSPS) is 14.1. The van der Waals surface area contributed by atoms with Crippen molar-refractivity contribution in [1.29, 1.82) is 0 Å². The van der Waals surface area contributed by atoms with Gasteiger partial charge in [-0.1, -0.05) is 11.6 Å². The predicted octanol–water partition coefficient (Wildman–Crippen LogP) is 2.91. The zero-order valence-corrected chi connectivity index (χ0v) is 15.2. The highest BCUT2D eigenvalue weighted by molar-refractivity contribution is 6.32. The molecule has 0 N–H and O–H groups in total. The summed E-state index contributed by atoms with van der Waals surface area (Å²) in [5.41, 5.74) is -3.40. The molecule has 0 aromatic carbocycles. The number of rotatable bonds is 5. The minimum absolute atomic E-state index is 0.140. The zero-order valence-electron chi connectivity index (χ0n) is 14.4.